The van der Waals surface area contributed by atoms with Crippen molar-refractivity contribution in [1.82, 2.24) is 15.8 Å². The Labute approximate surface area is 171 Å². The number of nitrogens with one attached hydrogen (secondary N) is 2. The number of carbonyl (C=O) groups excluding carboxylic acids is 1. The second-order valence-electron chi connectivity index (χ2n) is 8.65. The highest BCUT2D eigenvalue weighted by molar-refractivity contribution is 6.31. The third-order valence-electron chi connectivity index (χ3n) is 6.82. The molecule has 2 saturated carbocycles. The lowest BCUT2D eigenvalue weighted by molar-refractivity contribution is -0.141. The molecular formula is C19H31Cl2N3O3. The third-order valence-corrected chi connectivity index (χ3v) is 7.92. The highest BCUT2D eigenvalue weighted by Crippen LogP contribution is 2.33. The lowest BCUT2D eigenvalue weighted by Crippen LogP contribution is -2.66. The van der Waals surface area contributed by atoms with Gasteiger partial charge in [0.25, 0.3) is 5.91 Å². The van der Waals surface area contributed by atoms with Gasteiger partial charge in [0.2, 0.25) is 0 Å². The first-order valence-electron chi connectivity index (χ1n) is 10.3. The van der Waals surface area contributed by atoms with Crippen LogP contribution in [-0.2, 0) is 14.3 Å². The largest absolute Gasteiger partial charge is 0.349 e. The molecule has 2 heterocycles. The number of amides is 1. The van der Waals surface area contributed by atoms with E-state index >= 15 is 0 Å². The van der Waals surface area contributed by atoms with Crippen LogP contribution in [0, 0.1) is 11.8 Å². The van der Waals surface area contributed by atoms with E-state index in [2.05, 4.69) is 17.7 Å². The molecule has 4 rings (SSSR count). The number of alkyl halides is 2. The van der Waals surface area contributed by atoms with Crippen LogP contribution in [-0.4, -0.2) is 65.8 Å². The molecule has 0 radical (unpaired) electrons. The monoisotopic (exact) mass is 419 g/mol. The maximum atomic E-state index is 12.8. The Morgan fingerprint density at radius 1 is 1.15 bits per heavy atom. The molecule has 8 atom stereocenters. The molecule has 8 heteroatoms. The maximum absolute atomic E-state index is 12.8. The third kappa shape index (κ3) is 4.41. The van der Waals surface area contributed by atoms with E-state index in [9.17, 15) is 4.79 Å². The van der Waals surface area contributed by atoms with Gasteiger partial charge >= 0.3 is 0 Å². The smallest absolute Gasteiger partial charge is 0.256 e. The fourth-order valence-corrected chi connectivity index (χ4v) is 5.53. The van der Waals surface area contributed by atoms with Gasteiger partial charge in [-0.25, -0.2) is 5.43 Å². The topological polar surface area (TPSA) is 62.8 Å². The Morgan fingerprint density at radius 2 is 1.96 bits per heavy atom. The van der Waals surface area contributed by atoms with Crippen LogP contribution in [0.25, 0.3) is 0 Å². The van der Waals surface area contributed by atoms with Crippen molar-refractivity contribution in [3.05, 3.63) is 0 Å². The van der Waals surface area contributed by atoms with Gasteiger partial charge in [-0.2, -0.15) is 0 Å². The second-order valence-corrected chi connectivity index (χ2v) is 9.69. The molecule has 2 aliphatic carbocycles. The van der Waals surface area contributed by atoms with Crippen molar-refractivity contribution in [3.8, 4) is 0 Å². The van der Waals surface area contributed by atoms with Crippen LogP contribution in [0.1, 0.15) is 45.4 Å². The van der Waals surface area contributed by atoms with Crippen LogP contribution < -0.4 is 10.7 Å². The molecule has 0 aromatic rings. The van der Waals surface area contributed by atoms with Gasteiger partial charge in [0.15, 0.2) is 0 Å². The van der Waals surface area contributed by atoms with E-state index in [4.69, 9.17) is 32.7 Å². The fraction of sp³-hybridized carbons (Fsp3) is 0.947. The summed E-state index contributed by atoms with van der Waals surface area (Å²) in [5.74, 6) is 1.02. The molecule has 2 saturated heterocycles. The Bertz CT molecular complexity index is 540. The Balaban J connectivity index is 1.26. The molecule has 1 amide bonds. The molecule has 0 spiro atoms. The lowest BCUT2D eigenvalue weighted by Gasteiger charge is -2.44. The zero-order chi connectivity index (χ0) is 19.0. The zero-order valence-corrected chi connectivity index (χ0v) is 17.4. The average Bonchev–Trinajstić information content (AvgIpc) is 3.13. The summed E-state index contributed by atoms with van der Waals surface area (Å²) in [4.78, 5) is 12.8. The molecule has 4 aliphatic rings. The first kappa shape index (κ1) is 20.2. The van der Waals surface area contributed by atoms with Crippen LogP contribution in [0.2, 0.25) is 0 Å². The summed E-state index contributed by atoms with van der Waals surface area (Å²) in [5.41, 5.74) is 3.31. The quantitative estimate of drug-likeness (QED) is 0.684. The van der Waals surface area contributed by atoms with Gasteiger partial charge in [-0.15, -0.1) is 23.2 Å². The number of ether oxygens (including phenoxy) is 2. The standard InChI is InChI=1S/C19H31Cl2N3O3/c1-11-2-4-13(7-14(11)20)24-19(25)18(21)15(9-23-24)22-8-12-3-5-16-17(6-12)27-10-26-16/h11-18,22-23H,2-10H2,1H3. The molecule has 0 bridgehead atoms. The van der Waals surface area contributed by atoms with Crippen molar-refractivity contribution in [3.63, 3.8) is 0 Å². The predicted octanol–water partition coefficient (Wildman–Crippen LogP) is 2.24. The van der Waals surface area contributed by atoms with Crippen LogP contribution in [0.4, 0.5) is 0 Å². The first-order valence-corrected chi connectivity index (χ1v) is 11.2. The van der Waals surface area contributed by atoms with Gasteiger partial charge in [0, 0.05) is 24.0 Å². The number of fused-ring (bicyclic) bond motifs is 1. The van der Waals surface area contributed by atoms with Crippen molar-refractivity contribution < 1.29 is 14.3 Å². The summed E-state index contributed by atoms with van der Waals surface area (Å²) in [6.07, 6.45) is 6.57. The minimum Gasteiger partial charge on any atom is -0.349 e. The number of hydrogen-bond acceptors (Lipinski definition) is 5. The number of halogens is 2. The summed E-state index contributed by atoms with van der Waals surface area (Å²) in [7, 11) is 0. The minimum absolute atomic E-state index is 0.0277. The average molecular weight is 420 g/mol. The van der Waals surface area contributed by atoms with Crippen LogP contribution in [0.5, 0.6) is 0 Å². The maximum Gasteiger partial charge on any atom is 0.256 e. The summed E-state index contributed by atoms with van der Waals surface area (Å²) in [5, 5.41) is 4.87. The Hall–Kier alpha value is -0.110. The number of carbonyl (C=O) groups is 1. The highest BCUT2D eigenvalue weighted by atomic mass is 35.5. The van der Waals surface area contributed by atoms with E-state index in [1.165, 1.54) is 0 Å². The Kier molecular flexibility index (Phi) is 6.51. The predicted molar refractivity (Wildman–Crippen MR) is 105 cm³/mol. The van der Waals surface area contributed by atoms with Crippen LogP contribution >= 0.6 is 23.2 Å². The minimum atomic E-state index is -0.540. The van der Waals surface area contributed by atoms with Gasteiger partial charge in [-0.05, 0) is 56.9 Å². The normalized spacial score (nSPS) is 45.7. The molecule has 2 aliphatic heterocycles. The van der Waals surface area contributed by atoms with E-state index in [1.807, 2.05) is 0 Å². The second kappa shape index (κ2) is 8.72. The first-order chi connectivity index (χ1) is 13.0. The van der Waals surface area contributed by atoms with Crippen LogP contribution in [0.3, 0.4) is 0 Å². The van der Waals surface area contributed by atoms with Crippen molar-refractivity contribution in [2.45, 2.75) is 80.5 Å². The van der Waals surface area contributed by atoms with Crippen molar-refractivity contribution in [2.75, 3.05) is 19.9 Å². The van der Waals surface area contributed by atoms with Gasteiger partial charge in [-0.1, -0.05) is 6.92 Å². The van der Waals surface area contributed by atoms with Crippen molar-refractivity contribution >= 4 is 29.1 Å². The molecule has 154 valence electrons. The molecule has 2 N–H and O–H groups in total. The summed E-state index contributed by atoms with van der Waals surface area (Å²) in [6, 6.07) is 0.0939. The molecule has 4 fully saturated rings. The number of hydrogen-bond donors (Lipinski definition) is 2. The van der Waals surface area contributed by atoms with Gasteiger partial charge < -0.3 is 14.8 Å². The summed E-state index contributed by atoms with van der Waals surface area (Å²) in [6.45, 7) is 4.14. The summed E-state index contributed by atoms with van der Waals surface area (Å²) >= 11 is 13.0. The SMILES string of the molecule is CC1CCC(N2NCC(NCC3CCC4OCOC4C3)C(Cl)C2=O)CC1Cl. The summed E-state index contributed by atoms with van der Waals surface area (Å²) < 4.78 is 11.2. The zero-order valence-electron chi connectivity index (χ0n) is 15.9. The van der Waals surface area contributed by atoms with Crippen molar-refractivity contribution in [1.29, 1.82) is 0 Å². The van der Waals surface area contributed by atoms with Crippen LogP contribution in [0.15, 0.2) is 0 Å². The fourth-order valence-electron chi connectivity index (χ4n) is 4.92. The lowest BCUT2D eigenvalue weighted by atomic mass is 9.85. The number of hydrazine groups is 1. The number of nitrogens with zero attached hydrogens (tertiary/aromatic N) is 1. The van der Waals surface area contributed by atoms with E-state index in [0.29, 0.717) is 25.2 Å². The number of rotatable bonds is 4. The van der Waals surface area contributed by atoms with E-state index in [0.717, 1.165) is 45.1 Å². The van der Waals surface area contributed by atoms with E-state index in [1.54, 1.807) is 5.01 Å². The van der Waals surface area contributed by atoms with E-state index < -0.39 is 5.38 Å². The molecule has 0 aromatic carbocycles. The van der Waals surface area contributed by atoms with Crippen molar-refractivity contribution in [2.24, 2.45) is 11.8 Å². The molecule has 6 nitrogen and oxygen atoms in total. The molecule has 0 aromatic heterocycles. The Morgan fingerprint density at radius 3 is 2.78 bits per heavy atom. The highest BCUT2D eigenvalue weighted by Gasteiger charge is 2.41. The molecule has 27 heavy (non-hydrogen) atoms. The molecule has 8 unspecified atom stereocenters. The van der Waals surface area contributed by atoms with E-state index in [-0.39, 0.29) is 35.6 Å². The van der Waals surface area contributed by atoms with Gasteiger partial charge in [0.05, 0.1) is 12.2 Å². The molecular weight excluding hydrogens is 389 g/mol. The van der Waals surface area contributed by atoms with Gasteiger partial charge in [-0.3, -0.25) is 9.80 Å². The van der Waals surface area contributed by atoms with Gasteiger partial charge in [0.1, 0.15) is 12.2 Å².